The SMILES string of the molecule is O=Cc1cccc(C=O)c1-c1ccccc1-c1ccccc1C1CCC1. The fourth-order valence-corrected chi connectivity index (χ4v) is 3.85. The summed E-state index contributed by atoms with van der Waals surface area (Å²) >= 11 is 0. The first kappa shape index (κ1) is 16.5. The molecule has 26 heavy (non-hydrogen) atoms. The zero-order valence-corrected chi connectivity index (χ0v) is 14.5. The zero-order chi connectivity index (χ0) is 17.9. The molecular formula is C24H20O2. The first-order chi connectivity index (χ1) is 12.8. The molecule has 0 bridgehead atoms. The lowest BCUT2D eigenvalue weighted by atomic mass is 9.76. The van der Waals surface area contributed by atoms with Crippen LogP contribution in [0.15, 0.2) is 66.7 Å². The molecule has 128 valence electrons. The second-order valence-corrected chi connectivity index (χ2v) is 6.81. The third-order valence-electron chi connectivity index (χ3n) is 5.38. The fourth-order valence-electron chi connectivity index (χ4n) is 3.85. The predicted molar refractivity (Wildman–Crippen MR) is 105 cm³/mol. The van der Waals surface area contributed by atoms with Gasteiger partial charge in [0, 0.05) is 16.7 Å². The van der Waals surface area contributed by atoms with Crippen molar-refractivity contribution in [1.29, 1.82) is 0 Å². The van der Waals surface area contributed by atoms with Crippen LogP contribution in [0.5, 0.6) is 0 Å². The average molecular weight is 340 g/mol. The lowest BCUT2D eigenvalue weighted by molar-refractivity contribution is 0.112. The Morgan fingerprint density at radius 3 is 1.81 bits per heavy atom. The van der Waals surface area contributed by atoms with Gasteiger partial charge in [0.05, 0.1) is 0 Å². The zero-order valence-electron chi connectivity index (χ0n) is 14.5. The van der Waals surface area contributed by atoms with Gasteiger partial charge in [-0.2, -0.15) is 0 Å². The van der Waals surface area contributed by atoms with Crippen LogP contribution in [-0.2, 0) is 0 Å². The van der Waals surface area contributed by atoms with Crippen LogP contribution in [0.25, 0.3) is 22.3 Å². The third-order valence-corrected chi connectivity index (χ3v) is 5.38. The van der Waals surface area contributed by atoms with Crippen LogP contribution in [-0.4, -0.2) is 12.6 Å². The molecule has 0 saturated heterocycles. The molecule has 2 nitrogen and oxygen atoms in total. The fraction of sp³-hybridized carbons (Fsp3) is 0.167. The molecule has 0 N–H and O–H groups in total. The van der Waals surface area contributed by atoms with Crippen LogP contribution >= 0.6 is 0 Å². The van der Waals surface area contributed by atoms with Crippen molar-refractivity contribution in [3.05, 3.63) is 83.4 Å². The minimum Gasteiger partial charge on any atom is -0.298 e. The van der Waals surface area contributed by atoms with Crippen LogP contribution in [0.4, 0.5) is 0 Å². The Hall–Kier alpha value is -3.00. The second-order valence-electron chi connectivity index (χ2n) is 6.81. The number of aldehydes is 2. The smallest absolute Gasteiger partial charge is 0.150 e. The van der Waals surface area contributed by atoms with E-state index in [1.54, 1.807) is 18.2 Å². The molecule has 0 spiro atoms. The highest BCUT2D eigenvalue weighted by Crippen LogP contribution is 2.43. The third kappa shape index (κ3) is 2.78. The van der Waals surface area contributed by atoms with E-state index in [-0.39, 0.29) is 0 Å². The van der Waals surface area contributed by atoms with Crippen LogP contribution in [0.1, 0.15) is 51.5 Å². The van der Waals surface area contributed by atoms with Crippen LogP contribution in [0, 0.1) is 0 Å². The molecule has 0 atom stereocenters. The molecule has 0 aromatic heterocycles. The largest absolute Gasteiger partial charge is 0.298 e. The minimum absolute atomic E-state index is 0.545. The monoisotopic (exact) mass is 340 g/mol. The molecule has 0 amide bonds. The summed E-state index contributed by atoms with van der Waals surface area (Å²) in [6, 6.07) is 21.9. The van der Waals surface area contributed by atoms with Crippen LogP contribution in [0.3, 0.4) is 0 Å². The van der Waals surface area contributed by atoms with Gasteiger partial charge in [-0.15, -0.1) is 0 Å². The van der Waals surface area contributed by atoms with Gasteiger partial charge < -0.3 is 0 Å². The number of carbonyl (C=O) groups excluding carboxylic acids is 2. The molecule has 0 heterocycles. The van der Waals surface area contributed by atoms with Gasteiger partial charge in [-0.25, -0.2) is 0 Å². The van der Waals surface area contributed by atoms with Crippen molar-refractivity contribution in [2.24, 2.45) is 0 Å². The molecule has 2 heteroatoms. The summed E-state index contributed by atoms with van der Waals surface area (Å²) in [5.74, 6) is 0.603. The maximum Gasteiger partial charge on any atom is 0.150 e. The second kappa shape index (κ2) is 7.09. The highest BCUT2D eigenvalue weighted by atomic mass is 16.1. The van der Waals surface area contributed by atoms with E-state index in [9.17, 15) is 9.59 Å². The Labute approximate surface area is 153 Å². The lowest BCUT2D eigenvalue weighted by Gasteiger charge is -2.28. The molecular weight excluding hydrogens is 320 g/mol. The molecule has 1 saturated carbocycles. The molecule has 3 aromatic rings. The summed E-state index contributed by atoms with van der Waals surface area (Å²) in [4.78, 5) is 23.3. The van der Waals surface area contributed by atoms with Gasteiger partial charge in [0.1, 0.15) is 0 Å². The van der Waals surface area contributed by atoms with Gasteiger partial charge in [0.2, 0.25) is 0 Å². The molecule has 0 aliphatic heterocycles. The Morgan fingerprint density at radius 1 is 0.654 bits per heavy atom. The maximum absolute atomic E-state index is 11.6. The molecule has 4 rings (SSSR count). The van der Waals surface area contributed by atoms with E-state index in [0.717, 1.165) is 29.3 Å². The van der Waals surface area contributed by atoms with Crippen molar-refractivity contribution in [2.75, 3.05) is 0 Å². The summed E-state index contributed by atoms with van der Waals surface area (Å²) < 4.78 is 0. The standard InChI is InChI=1S/C24H20O2/c25-15-18-9-6-10-19(16-26)24(18)23-14-4-3-13-22(23)21-12-2-1-11-20(21)17-7-5-8-17/h1-4,6,9-17H,5,7-8H2. The summed E-state index contributed by atoms with van der Waals surface area (Å²) in [6.07, 6.45) is 5.39. The van der Waals surface area contributed by atoms with Crippen molar-refractivity contribution < 1.29 is 9.59 Å². The van der Waals surface area contributed by atoms with Gasteiger partial charge in [0.25, 0.3) is 0 Å². The topological polar surface area (TPSA) is 34.1 Å². The normalized spacial score (nSPS) is 13.8. The first-order valence-corrected chi connectivity index (χ1v) is 9.05. The van der Waals surface area contributed by atoms with E-state index in [1.807, 2.05) is 18.2 Å². The molecule has 0 radical (unpaired) electrons. The highest BCUT2D eigenvalue weighted by molar-refractivity contribution is 6.01. The molecule has 3 aromatic carbocycles. The number of hydrogen-bond donors (Lipinski definition) is 0. The Kier molecular flexibility index (Phi) is 4.49. The Balaban J connectivity index is 1.96. The van der Waals surface area contributed by atoms with Crippen molar-refractivity contribution in [1.82, 2.24) is 0 Å². The van der Waals surface area contributed by atoms with Crippen molar-refractivity contribution in [3.63, 3.8) is 0 Å². The average Bonchev–Trinajstić information content (AvgIpc) is 2.66. The van der Waals surface area contributed by atoms with Crippen molar-refractivity contribution >= 4 is 12.6 Å². The highest BCUT2D eigenvalue weighted by Gasteiger charge is 2.23. The van der Waals surface area contributed by atoms with Gasteiger partial charge in [0.15, 0.2) is 12.6 Å². The van der Waals surface area contributed by atoms with Gasteiger partial charge in [-0.3, -0.25) is 9.59 Å². The molecule has 1 aliphatic rings. The van der Waals surface area contributed by atoms with E-state index in [4.69, 9.17) is 0 Å². The first-order valence-electron chi connectivity index (χ1n) is 9.05. The minimum atomic E-state index is 0.545. The number of rotatable bonds is 5. The van der Waals surface area contributed by atoms with Crippen molar-refractivity contribution in [3.8, 4) is 22.3 Å². The summed E-state index contributed by atoms with van der Waals surface area (Å²) in [6.45, 7) is 0. The van der Waals surface area contributed by atoms with E-state index < -0.39 is 0 Å². The summed E-state index contributed by atoms with van der Waals surface area (Å²) in [5.41, 5.74) is 6.38. The number of carbonyl (C=O) groups is 2. The van der Waals surface area contributed by atoms with E-state index in [1.165, 1.54) is 30.4 Å². The van der Waals surface area contributed by atoms with Crippen LogP contribution in [0.2, 0.25) is 0 Å². The summed E-state index contributed by atoms with van der Waals surface area (Å²) in [7, 11) is 0. The van der Waals surface area contributed by atoms with E-state index >= 15 is 0 Å². The van der Waals surface area contributed by atoms with E-state index in [2.05, 4.69) is 30.3 Å². The molecule has 0 unspecified atom stereocenters. The quantitative estimate of drug-likeness (QED) is 0.541. The van der Waals surface area contributed by atoms with E-state index in [0.29, 0.717) is 17.0 Å². The van der Waals surface area contributed by atoms with Gasteiger partial charge in [-0.1, -0.05) is 73.2 Å². The maximum atomic E-state index is 11.6. The van der Waals surface area contributed by atoms with Crippen molar-refractivity contribution in [2.45, 2.75) is 25.2 Å². The number of hydrogen-bond acceptors (Lipinski definition) is 2. The number of benzene rings is 3. The molecule has 1 aliphatic carbocycles. The Morgan fingerprint density at radius 2 is 1.23 bits per heavy atom. The predicted octanol–water partition coefficient (Wildman–Crippen LogP) is 5.91. The Bertz CT molecular complexity index is 941. The van der Waals surface area contributed by atoms with Gasteiger partial charge >= 0.3 is 0 Å². The summed E-state index contributed by atoms with van der Waals surface area (Å²) in [5, 5.41) is 0. The van der Waals surface area contributed by atoms with Gasteiger partial charge in [-0.05, 0) is 41.0 Å². The molecule has 1 fully saturated rings. The van der Waals surface area contributed by atoms with Crippen LogP contribution < -0.4 is 0 Å². The lowest BCUT2D eigenvalue weighted by Crippen LogP contribution is -2.10.